The lowest BCUT2D eigenvalue weighted by atomic mass is 10.3. The van der Waals surface area contributed by atoms with Crippen molar-refractivity contribution in [3.63, 3.8) is 0 Å². The smallest absolute Gasteiger partial charge is 0.134 e. The maximum Gasteiger partial charge on any atom is 0.134 e. The molecule has 2 rings (SSSR count). The van der Waals surface area contributed by atoms with E-state index in [1.165, 1.54) is 6.20 Å². The molecule has 2 heterocycles. The fourth-order valence-corrected chi connectivity index (χ4v) is 1.30. The third kappa shape index (κ3) is 2.03. The number of aliphatic hydroxyl groups excluding tert-OH is 1. The molecule has 0 saturated carbocycles. The number of nitrogens with one attached hydrogen (secondary N) is 1. The van der Waals surface area contributed by atoms with E-state index < -0.39 is 0 Å². The van der Waals surface area contributed by atoms with Crippen molar-refractivity contribution in [1.29, 1.82) is 0 Å². The van der Waals surface area contributed by atoms with E-state index in [0.29, 0.717) is 13.2 Å². The van der Waals surface area contributed by atoms with Crippen LogP contribution < -0.4 is 5.32 Å². The van der Waals surface area contributed by atoms with Gasteiger partial charge in [0.2, 0.25) is 0 Å². The first-order valence-electron chi connectivity index (χ1n) is 4.13. The van der Waals surface area contributed by atoms with Gasteiger partial charge in [-0.15, -0.1) is 0 Å². The number of aliphatic hydroxyl groups is 1. The van der Waals surface area contributed by atoms with Crippen LogP contribution in [0.5, 0.6) is 0 Å². The molecule has 2 unspecified atom stereocenters. The summed E-state index contributed by atoms with van der Waals surface area (Å²) in [6.45, 7) is 1.21. The fraction of sp³-hybridized carbons (Fsp3) is 0.714. The van der Waals surface area contributed by atoms with Crippen LogP contribution in [-0.2, 0) is 11.3 Å². The summed E-state index contributed by atoms with van der Waals surface area (Å²) in [4.78, 5) is 1.54. The van der Waals surface area contributed by atoms with Crippen molar-refractivity contribution >= 4 is 0 Å². The Balaban J connectivity index is 1.84. The Morgan fingerprint density at radius 2 is 2.69 bits per heavy atom. The van der Waals surface area contributed by atoms with E-state index >= 15 is 0 Å². The first kappa shape index (κ1) is 8.61. The van der Waals surface area contributed by atoms with Crippen LogP contribution in [0.2, 0.25) is 0 Å². The zero-order valence-corrected chi connectivity index (χ0v) is 7.05. The molecule has 0 spiro atoms. The standard InChI is InChI=1S/C7H11N4O2/c12-4-7-10-6(5-13-7)3-11-8-1-2-9-11/h1,6-7,10,12H,3-5H2. The summed E-state index contributed by atoms with van der Waals surface area (Å²) >= 11 is 0. The van der Waals surface area contributed by atoms with E-state index in [2.05, 4.69) is 21.7 Å². The molecule has 2 N–H and O–H groups in total. The Labute approximate surface area is 75.5 Å². The highest BCUT2D eigenvalue weighted by molar-refractivity contribution is 4.74. The third-order valence-corrected chi connectivity index (χ3v) is 1.89. The van der Waals surface area contributed by atoms with Gasteiger partial charge in [-0.1, -0.05) is 0 Å². The lowest BCUT2D eigenvalue weighted by Crippen LogP contribution is -2.36. The van der Waals surface area contributed by atoms with Gasteiger partial charge in [0.1, 0.15) is 12.4 Å². The molecule has 0 amide bonds. The van der Waals surface area contributed by atoms with Crippen LogP contribution in [0, 0.1) is 6.20 Å². The van der Waals surface area contributed by atoms with Crippen LogP contribution in [0.15, 0.2) is 6.20 Å². The molecule has 1 aromatic rings. The molecule has 71 valence electrons. The van der Waals surface area contributed by atoms with Gasteiger partial charge < -0.3 is 9.84 Å². The minimum atomic E-state index is -0.246. The van der Waals surface area contributed by atoms with Crippen molar-refractivity contribution in [2.24, 2.45) is 0 Å². The summed E-state index contributed by atoms with van der Waals surface area (Å²) in [5.41, 5.74) is 0. The van der Waals surface area contributed by atoms with Crippen molar-refractivity contribution in [3.8, 4) is 0 Å². The lowest BCUT2D eigenvalue weighted by Gasteiger charge is -2.08. The molecule has 1 fully saturated rings. The van der Waals surface area contributed by atoms with Gasteiger partial charge in [-0.2, -0.15) is 15.0 Å². The van der Waals surface area contributed by atoms with Crippen LogP contribution >= 0.6 is 0 Å². The molecule has 1 aliphatic heterocycles. The predicted molar refractivity (Wildman–Crippen MR) is 42.6 cm³/mol. The van der Waals surface area contributed by atoms with Gasteiger partial charge >= 0.3 is 0 Å². The number of hydrogen-bond acceptors (Lipinski definition) is 5. The maximum atomic E-state index is 8.78. The van der Waals surface area contributed by atoms with Gasteiger partial charge in [0.25, 0.3) is 0 Å². The van der Waals surface area contributed by atoms with Crippen molar-refractivity contribution in [2.45, 2.75) is 18.8 Å². The Kier molecular flexibility index (Phi) is 2.53. The Morgan fingerprint density at radius 3 is 3.31 bits per heavy atom. The number of hydrogen-bond donors (Lipinski definition) is 2. The molecule has 0 bridgehead atoms. The minimum Gasteiger partial charge on any atom is -0.392 e. The maximum absolute atomic E-state index is 8.78. The second kappa shape index (κ2) is 3.82. The quantitative estimate of drug-likeness (QED) is 0.589. The summed E-state index contributed by atoms with van der Waals surface area (Å²) in [5.74, 6) is 0. The van der Waals surface area contributed by atoms with Gasteiger partial charge in [0.15, 0.2) is 0 Å². The summed E-state index contributed by atoms with van der Waals surface area (Å²) in [7, 11) is 0. The molecule has 2 atom stereocenters. The molecule has 13 heavy (non-hydrogen) atoms. The van der Waals surface area contributed by atoms with Crippen molar-refractivity contribution < 1.29 is 9.84 Å². The van der Waals surface area contributed by atoms with E-state index in [1.54, 1.807) is 4.80 Å². The second-order valence-corrected chi connectivity index (χ2v) is 2.90. The Bertz CT molecular complexity index is 251. The van der Waals surface area contributed by atoms with Gasteiger partial charge in [0, 0.05) is 0 Å². The number of ether oxygens (including phenoxy) is 1. The lowest BCUT2D eigenvalue weighted by molar-refractivity contribution is 0.0489. The van der Waals surface area contributed by atoms with Crippen LogP contribution in [0.25, 0.3) is 0 Å². The zero-order chi connectivity index (χ0) is 9.10. The zero-order valence-electron chi connectivity index (χ0n) is 7.05. The molecular formula is C7H11N4O2. The fourth-order valence-electron chi connectivity index (χ4n) is 1.30. The molecule has 0 aromatic carbocycles. The van der Waals surface area contributed by atoms with Gasteiger partial charge in [-0.25, -0.2) is 0 Å². The van der Waals surface area contributed by atoms with E-state index in [4.69, 9.17) is 9.84 Å². The SMILES string of the molecule is OCC1NC(Cn2n[c]cn2)CO1. The van der Waals surface area contributed by atoms with E-state index in [9.17, 15) is 0 Å². The largest absolute Gasteiger partial charge is 0.392 e. The minimum absolute atomic E-state index is 0.00480. The molecule has 6 nitrogen and oxygen atoms in total. The van der Waals surface area contributed by atoms with Crippen molar-refractivity contribution in [3.05, 3.63) is 12.4 Å². The molecule has 1 aromatic heterocycles. The normalized spacial score (nSPS) is 28.1. The average molecular weight is 183 g/mol. The van der Waals surface area contributed by atoms with Crippen LogP contribution in [0.3, 0.4) is 0 Å². The highest BCUT2D eigenvalue weighted by atomic mass is 16.5. The Hall–Kier alpha value is -0.980. The second-order valence-electron chi connectivity index (χ2n) is 2.90. The topological polar surface area (TPSA) is 72.2 Å². The molecule has 0 aliphatic carbocycles. The summed E-state index contributed by atoms with van der Waals surface area (Å²) in [5, 5.41) is 19.6. The number of aromatic nitrogens is 3. The van der Waals surface area contributed by atoms with E-state index in [1.807, 2.05) is 0 Å². The third-order valence-electron chi connectivity index (χ3n) is 1.89. The van der Waals surface area contributed by atoms with Crippen LogP contribution in [0.1, 0.15) is 0 Å². The highest BCUT2D eigenvalue weighted by Crippen LogP contribution is 2.03. The van der Waals surface area contributed by atoms with E-state index in [0.717, 1.165) is 0 Å². The first-order chi connectivity index (χ1) is 6.38. The summed E-state index contributed by atoms with van der Waals surface area (Å²) in [6.07, 6.45) is 3.88. The van der Waals surface area contributed by atoms with Gasteiger partial charge in [-0.3, -0.25) is 5.32 Å². The molecule has 1 radical (unpaired) electrons. The van der Waals surface area contributed by atoms with Gasteiger partial charge in [0.05, 0.1) is 32.0 Å². The average Bonchev–Trinajstić information content (AvgIpc) is 2.76. The predicted octanol–water partition coefficient (Wildman–Crippen LogP) is -1.61. The number of rotatable bonds is 3. The number of nitrogens with zero attached hydrogens (tertiary/aromatic N) is 3. The highest BCUT2D eigenvalue weighted by Gasteiger charge is 2.23. The van der Waals surface area contributed by atoms with E-state index in [-0.39, 0.29) is 18.9 Å². The van der Waals surface area contributed by atoms with Crippen molar-refractivity contribution in [2.75, 3.05) is 13.2 Å². The molecular weight excluding hydrogens is 172 g/mol. The molecule has 1 aliphatic rings. The summed E-state index contributed by atoms with van der Waals surface area (Å²) in [6, 6.07) is 0.165. The van der Waals surface area contributed by atoms with Gasteiger partial charge in [-0.05, 0) is 0 Å². The summed E-state index contributed by atoms with van der Waals surface area (Å²) < 4.78 is 5.22. The molecule has 1 saturated heterocycles. The Morgan fingerprint density at radius 1 is 1.77 bits per heavy atom. The first-order valence-corrected chi connectivity index (χ1v) is 4.13. The monoisotopic (exact) mass is 183 g/mol. The van der Waals surface area contributed by atoms with Crippen LogP contribution in [0.4, 0.5) is 0 Å². The van der Waals surface area contributed by atoms with Crippen LogP contribution in [-0.4, -0.2) is 45.6 Å². The van der Waals surface area contributed by atoms with Crippen molar-refractivity contribution in [1.82, 2.24) is 20.3 Å². The molecule has 6 heteroatoms.